The van der Waals surface area contributed by atoms with Crippen LogP contribution in [0.2, 0.25) is 0 Å². The van der Waals surface area contributed by atoms with Crippen LogP contribution in [0.3, 0.4) is 0 Å². The number of hydrogen-bond donors (Lipinski definition) is 1. The van der Waals surface area contributed by atoms with Crippen LogP contribution < -0.4 is 5.73 Å². The van der Waals surface area contributed by atoms with Gasteiger partial charge < -0.3 is 5.73 Å². The number of rotatable bonds is 3. The van der Waals surface area contributed by atoms with E-state index in [2.05, 4.69) is 39.8 Å². The molecule has 0 fully saturated rings. The van der Waals surface area contributed by atoms with Gasteiger partial charge in [-0.15, -0.1) is 0 Å². The Morgan fingerprint density at radius 2 is 1.57 bits per heavy atom. The summed E-state index contributed by atoms with van der Waals surface area (Å²) < 4.78 is 0. The van der Waals surface area contributed by atoms with Crippen molar-refractivity contribution >= 4 is 5.69 Å². The topological polar surface area (TPSA) is 26.0 Å². The Labute approximate surface area is 87.3 Å². The Hall–Kier alpha value is -0.980. The fraction of sp³-hybridized carbons (Fsp3) is 0.538. The summed E-state index contributed by atoms with van der Waals surface area (Å²) in [7, 11) is 0. The molecule has 1 rings (SSSR count). The first-order valence-corrected chi connectivity index (χ1v) is 5.46. The van der Waals surface area contributed by atoms with Gasteiger partial charge in [0.05, 0.1) is 0 Å². The number of hydrogen-bond acceptors (Lipinski definition) is 1. The quantitative estimate of drug-likeness (QED) is 0.723. The third-order valence-electron chi connectivity index (χ3n) is 3.12. The van der Waals surface area contributed by atoms with E-state index in [9.17, 15) is 0 Å². The molecule has 1 aromatic carbocycles. The summed E-state index contributed by atoms with van der Waals surface area (Å²) >= 11 is 0. The molecule has 0 atom stereocenters. The average Bonchev–Trinajstić information content (AvgIpc) is 2.15. The van der Waals surface area contributed by atoms with Crippen molar-refractivity contribution in [2.75, 3.05) is 5.73 Å². The number of nitrogen functional groups attached to an aromatic ring is 1. The molecule has 78 valence electrons. The van der Waals surface area contributed by atoms with Crippen LogP contribution in [0.4, 0.5) is 5.69 Å². The van der Waals surface area contributed by atoms with Crippen molar-refractivity contribution in [1.29, 1.82) is 0 Å². The third-order valence-corrected chi connectivity index (χ3v) is 3.12. The highest BCUT2D eigenvalue weighted by Gasteiger charge is 2.11. The van der Waals surface area contributed by atoms with Gasteiger partial charge in [-0.25, -0.2) is 0 Å². The number of nitrogens with two attached hydrogens (primary N) is 1. The smallest absolute Gasteiger partial charge is 0.0352 e. The molecular formula is C13H21N. The van der Waals surface area contributed by atoms with E-state index < -0.39 is 0 Å². The Balaban J connectivity index is 3.14. The molecule has 2 N–H and O–H groups in total. The van der Waals surface area contributed by atoms with Crippen molar-refractivity contribution in [3.63, 3.8) is 0 Å². The van der Waals surface area contributed by atoms with E-state index in [1.54, 1.807) is 0 Å². The van der Waals surface area contributed by atoms with Gasteiger partial charge in [0, 0.05) is 5.69 Å². The molecule has 0 bridgehead atoms. The van der Waals surface area contributed by atoms with Crippen LogP contribution in [-0.4, -0.2) is 0 Å². The van der Waals surface area contributed by atoms with E-state index in [1.165, 1.54) is 29.5 Å². The lowest BCUT2D eigenvalue weighted by atomic mass is 9.90. The predicted molar refractivity (Wildman–Crippen MR) is 63.7 cm³/mol. The molecule has 1 aromatic rings. The second-order valence-corrected chi connectivity index (χ2v) is 4.08. The van der Waals surface area contributed by atoms with E-state index in [1.807, 2.05) is 0 Å². The molecule has 0 spiro atoms. The second kappa shape index (κ2) is 4.50. The summed E-state index contributed by atoms with van der Waals surface area (Å²) in [6.07, 6.45) is 2.34. The van der Waals surface area contributed by atoms with Gasteiger partial charge in [-0.1, -0.05) is 19.9 Å². The molecule has 0 aliphatic heterocycles. The molecule has 14 heavy (non-hydrogen) atoms. The molecule has 0 amide bonds. The molecule has 0 aliphatic rings. The number of aryl methyl sites for hydroxylation is 2. The first-order valence-electron chi connectivity index (χ1n) is 5.46. The van der Waals surface area contributed by atoms with E-state index in [-0.39, 0.29) is 0 Å². The van der Waals surface area contributed by atoms with E-state index in [4.69, 9.17) is 5.73 Å². The Morgan fingerprint density at radius 1 is 1.07 bits per heavy atom. The first kappa shape index (κ1) is 11.1. The summed E-state index contributed by atoms with van der Waals surface area (Å²) in [6, 6.07) is 4.35. The summed E-state index contributed by atoms with van der Waals surface area (Å²) in [5, 5.41) is 0. The maximum Gasteiger partial charge on any atom is 0.0352 e. The van der Waals surface area contributed by atoms with Gasteiger partial charge in [0.2, 0.25) is 0 Å². The lowest BCUT2D eigenvalue weighted by Gasteiger charge is -2.17. The number of anilines is 1. The van der Waals surface area contributed by atoms with Crippen LogP contribution >= 0.6 is 0 Å². The van der Waals surface area contributed by atoms with Crippen LogP contribution in [0.5, 0.6) is 0 Å². The first-order chi connectivity index (χ1) is 6.60. The van der Waals surface area contributed by atoms with Crippen LogP contribution in [0, 0.1) is 13.8 Å². The van der Waals surface area contributed by atoms with Crippen molar-refractivity contribution in [1.82, 2.24) is 0 Å². The van der Waals surface area contributed by atoms with Gasteiger partial charge in [0.15, 0.2) is 0 Å². The SMILES string of the molecule is CCC(CC)c1cc(C)c(C)cc1N. The standard InChI is InChI=1S/C13H21N/c1-5-11(6-2)12-7-9(3)10(4)8-13(12)14/h7-8,11H,5-6,14H2,1-4H3. The van der Waals surface area contributed by atoms with Crippen LogP contribution in [0.1, 0.15) is 49.3 Å². The molecular weight excluding hydrogens is 170 g/mol. The lowest BCUT2D eigenvalue weighted by molar-refractivity contribution is 0.643. The molecule has 0 unspecified atom stereocenters. The van der Waals surface area contributed by atoms with Crippen LogP contribution in [0.25, 0.3) is 0 Å². The minimum atomic E-state index is 0.620. The predicted octanol–water partition coefficient (Wildman–Crippen LogP) is 3.79. The van der Waals surface area contributed by atoms with Crippen molar-refractivity contribution < 1.29 is 0 Å². The summed E-state index contributed by atoms with van der Waals surface area (Å²) in [6.45, 7) is 8.72. The largest absolute Gasteiger partial charge is 0.398 e. The van der Waals surface area contributed by atoms with Crippen molar-refractivity contribution in [2.45, 2.75) is 46.5 Å². The van der Waals surface area contributed by atoms with Crippen LogP contribution in [-0.2, 0) is 0 Å². The maximum atomic E-state index is 6.04. The Kier molecular flexibility index (Phi) is 3.56. The fourth-order valence-electron chi connectivity index (χ4n) is 1.94. The number of benzene rings is 1. The maximum absolute atomic E-state index is 6.04. The highest BCUT2D eigenvalue weighted by atomic mass is 14.6. The molecule has 0 saturated carbocycles. The minimum Gasteiger partial charge on any atom is -0.398 e. The van der Waals surface area contributed by atoms with Gasteiger partial charge >= 0.3 is 0 Å². The van der Waals surface area contributed by atoms with Crippen molar-refractivity contribution in [3.05, 3.63) is 28.8 Å². The van der Waals surface area contributed by atoms with Gasteiger partial charge in [-0.2, -0.15) is 0 Å². The second-order valence-electron chi connectivity index (χ2n) is 4.08. The summed E-state index contributed by atoms with van der Waals surface area (Å²) in [5.41, 5.74) is 11.0. The average molecular weight is 191 g/mol. The third kappa shape index (κ3) is 2.09. The molecule has 0 aliphatic carbocycles. The molecule has 0 heterocycles. The molecule has 1 nitrogen and oxygen atoms in total. The van der Waals surface area contributed by atoms with E-state index in [0.29, 0.717) is 5.92 Å². The van der Waals surface area contributed by atoms with E-state index >= 15 is 0 Å². The van der Waals surface area contributed by atoms with Crippen LogP contribution in [0.15, 0.2) is 12.1 Å². The zero-order valence-corrected chi connectivity index (χ0v) is 9.72. The fourth-order valence-corrected chi connectivity index (χ4v) is 1.94. The minimum absolute atomic E-state index is 0.620. The monoisotopic (exact) mass is 191 g/mol. The Bertz CT molecular complexity index is 311. The van der Waals surface area contributed by atoms with Gasteiger partial charge in [0.1, 0.15) is 0 Å². The lowest BCUT2D eigenvalue weighted by Crippen LogP contribution is -2.02. The Morgan fingerprint density at radius 3 is 2.07 bits per heavy atom. The highest BCUT2D eigenvalue weighted by Crippen LogP contribution is 2.30. The zero-order valence-electron chi connectivity index (χ0n) is 9.72. The van der Waals surface area contributed by atoms with Crippen molar-refractivity contribution in [3.8, 4) is 0 Å². The van der Waals surface area contributed by atoms with Gasteiger partial charge in [-0.05, 0) is 55.4 Å². The normalized spacial score (nSPS) is 10.9. The molecule has 0 aromatic heterocycles. The highest BCUT2D eigenvalue weighted by molar-refractivity contribution is 5.53. The molecule has 0 saturated heterocycles. The van der Waals surface area contributed by atoms with Gasteiger partial charge in [0.25, 0.3) is 0 Å². The molecule has 0 radical (unpaired) electrons. The van der Waals surface area contributed by atoms with Gasteiger partial charge in [-0.3, -0.25) is 0 Å². The zero-order chi connectivity index (χ0) is 10.7. The van der Waals surface area contributed by atoms with Crippen molar-refractivity contribution in [2.24, 2.45) is 0 Å². The van der Waals surface area contributed by atoms with E-state index in [0.717, 1.165) is 5.69 Å². The summed E-state index contributed by atoms with van der Waals surface area (Å²) in [4.78, 5) is 0. The molecule has 1 heteroatoms. The summed E-state index contributed by atoms with van der Waals surface area (Å²) in [5.74, 6) is 0.620.